The second kappa shape index (κ2) is 7.38. The lowest BCUT2D eigenvalue weighted by Crippen LogP contribution is -2.06. The summed E-state index contributed by atoms with van der Waals surface area (Å²) in [5.74, 6) is 0.778. The van der Waals surface area contributed by atoms with Crippen molar-refractivity contribution in [3.8, 4) is 5.75 Å². The van der Waals surface area contributed by atoms with Gasteiger partial charge in [-0.1, -0.05) is 42.5 Å². The molecule has 2 aromatic carbocycles. The zero-order valence-corrected chi connectivity index (χ0v) is 15.0. The Morgan fingerprint density at radius 1 is 0.852 bits per heavy atom. The fourth-order valence-electron chi connectivity index (χ4n) is 3.30. The number of ketones is 1. The highest BCUT2D eigenvalue weighted by Crippen LogP contribution is 2.31. The minimum absolute atomic E-state index is 0.0122. The van der Waals surface area contributed by atoms with Gasteiger partial charge >= 0.3 is 0 Å². The van der Waals surface area contributed by atoms with E-state index in [0.29, 0.717) is 11.3 Å². The van der Waals surface area contributed by atoms with Gasteiger partial charge in [0.2, 0.25) is 5.78 Å². The molecule has 0 aliphatic carbocycles. The predicted octanol–water partition coefficient (Wildman–Crippen LogP) is 4.76. The Hall–Kier alpha value is -3.53. The molecule has 4 rings (SSSR count). The van der Waals surface area contributed by atoms with Crippen molar-refractivity contribution in [1.82, 2.24) is 9.97 Å². The molecule has 0 aliphatic rings. The van der Waals surface area contributed by atoms with Crippen LogP contribution in [0.5, 0.6) is 5.75 Å². The molecular formula is C23H20N2O2. The maximum atomic E-state index is 12.7. The molecule has 2 N–H and O–H groups in total. The second-order valence-electron chi connectivity index (χ2n) is 6.35. The van der Waals surface area contributed by atoms with Gasteiger partial charge in [0.15, 0.2) is 0 Å². The first-order chi connectivity index (χ1) is 13.3. The molecule has 2 heterocycles. The average Bonchev–Trinajstić information content (AvgIpc) is 3.42. The van der Waals surface area contributed by atoms with Gasteiger partial charge in [-0.3, -0.25) is 4.79 Å². The third-order valence-electron chi connectivity index (χ3n) is 4.68. The fourth-order valence-corrected chi connectivity index (χ4v) is 3.30. The largest absolute Gasteiger partial charge is 0.497 e. The summed E-state index contributed by atoms with van der Waals surface area (Å²) < 4.78 is 5.27. The van der Waals surface area contributed by atoms with Gasteiger partial charge in [0.1, 0.15) is 5.75 Å². The number of aromatic amines is 2. The first-order valence-electron chi connectivity index (χ1n) is 8.82. The van der Waals surface area contributed by atoms with Crippen LogP contribution in [0.1, 0.15) is 38.9 Å². The maximum absolute atomic E-state index is 12.7. The molecule has 1 atom stereocenters. The third kappa shape index (κ3) is 3.42. The smallest absolute Gasteiger partial charge is 0.209 e. The van der Waals surface area contributed by atoms with Gasteiger partial charge in [-0.25, -0.2) is 0 Å². The number of benzene rings is 2. The van der Waals surface area contributed by atoms with Gasteiger partial charge in [0.25, 0.3) is 0 Å². The average molecular weight is 356 g/mol. The van der Waals surface area contributed by atoms with E-state index in [1.165, 1.54) is 0 Å². The highest BCUT2D eigenvalue weighted by molar-refractivity contribution is 6.07. The third-order valence-corrected chi connectivity index (χ3v) is 4.68. The van der Waals surface area contributed by atoms with Crippen molar-refractivity contribution in [2.24, 2.45) is 0 Å². The lowest BCUT2D eigenvalue weighted by molar-refractivity contribution is 0.103. The molecule has 0 spiro atoms. The van der Waals surface area contributed by atoms with E-state index in [1.807, 2.05) is 79.0 Å². The summed E-state index contributed by atoms with van der Waals surface area (Å²) in [6.07, 6.45) is 1.91. The molecule has 2 aromatic heterocycles. The maximum Gasteiger partial charge on any atom is 0.209 e. The van der Waals surface area contributed by atoms with Crippen molar-refractivity contribution in [1.29, 1.82) is 0 Å². The molecule has 4 aromatic rings. The molecule has 0 saturated heterocycles. The molecule has 0 amide bonds. The van der Waals surface area contributed by atoms with Gasteiger partial charge < -0.3 is 14.7 Å². The van der Waals surface area contributed by atoms with Crippen LogP contribution in [0.3, 0.4) is 0 Å². The van der Waals surface area contributed by atoms with Crippen molar-refractivity contribution >= 4 is 5.78 Å². The summed E-state index contributed by atoms with van der Waals surface area (Å²) in [7, 11) is 1.66. The zero-order valence-electron chi connectivity index (χ0n) is 15.0. The molecule has 0 bridgehead atoms. The summed E-state index contributed by atoms with van der Waals surface area (Å²) in [5.41, 5.74) is 4.38. The number of H-pyrrole nitrogens is 2. The number of aromatic nitrogens is 2. The van der Waals surface area contributed by atoms with E-state index in [-0.39, 0.29) is 11.7 Å². The van der Waals surface area contributed by atoms with E-state index >= 15 is 0 Å². The van der Waals surface area contributed by atoms with Gasteiger partial charge in [0, 0.05) is 23.1 Å². The summed E-state index contributed by atoms with van der Waals surface area (Å²) in [4.78, 5) is 19.4. The van der Waals surface area contributed by atoms with Crippen LogP contribution in [-0.4, -0.2) is 22.9 Å². The van der Waals surface area contributed by atoms with Crippen molar-refractivity contribution in [3.63, 3.8) is 0 Å². The van der Waals surface area contributed by atoms with Crippen LogP contribution < -0.4 is 4.74 Å². The Bertz CT molecular complexity index is 1020. The summed E-state index contributed by atoms with van der Waals surface area (Å²) in [5, 5.41) is 0. The summed E-state index contributed by atoms with van der Waals surface area (Å²) in [6.45, 7) is 0. The van der Waals surface area contributed by atoms with Crippen LogP contribution in [0.15, 0.2) is 85.1 Å². The van der Waals surface area contributed by atoms with Crippen LogP contribution in [0.2, 0.25) is 0 Å². The number of ether oxygens (including phenoxy) is 1. The van der Waals surface area contributed by atoms with Gasteiger partial charge in [0.05, 0.1) is 18.7 Å². The Morgan fingerprint density at radius 3 is 2.30 bits per heavy atom. The number of hydrogen-bond donors (Lipinski definition) is 2. The normalized spacial score (nSPS) is 11.9. The molecule has 0 aliphatic heterocycles. The minimum Gasteiger partial charge on any atom is -0.497 e. The SMILES string of the molecule is COc1ccc(C(c2ccc[nH]2)c2ccc(C(=O)c3ccccc3)[nH]2)cc1. The standard InChI is InChI=1S/C23H20N2O2/c1-27-18-11-9-16(10-12-18)22(19-8-5-15-24-19)20-13-14-21(25-20)23(26)17-6-3-2-4-7-17/h2-15,22,24-25H,1H3. The van der Waals surface area contributed by atoms with Crippen molar-refractivity contribution in [2.75, 3.05) is 7.11 Å². The fraction of sp³-hybridized carbons (Fsp3) is 0.0870. The number of carbonyl (C=O) groups excluding carboxylic acids is 1. The topological polar surface area (TPSA) is 57.9 Å². The molecule has 0 fully saturated rings. The Labute approximate surface area is 157 Å². The van der Waals surface area contributed by atoms with Crippen molar-refractivity contribution in [3.05, 3.63) is 113 Å². The first-order valence-corrected chi connectivity index (χ1v) is 8.82. The lowest BCUT2D eigenvalue weighted by atomic mass is 9.92. The van der Waals surface area contributed by atoms with E-state index in [9.17, 15) is 4.79 Å². The van der Waals surface area contributed by atoms with Crippen molar-refractivity contribution < 1.29 is 9.53 Å². The Kier molecular flexibility index (Phi) is 4.62. The van der Waals surface area contributed by atoms with E-state index < -0.39 is 0 Å². The molecule has 0 saturated carbocycles. The van der Waals surface area contributed by atoms with Crippen LogP contribution in [-0.2, 0) is 0 Å². The summed E-state index contributed by atoms with van der Waals surface area (Å²) >= 11 is 0. The number of hydrogen-bond acceptors (Lipinski definition) is 2. The van der Waals surface area contributed by atoms with Gasteiger partial charge in [-0.05, 0) is 42.0 Å². The van der Waals surface area contributed by atoms with Crippen molar-refractivity contribution in [2.45, 2.75) is 5.92 Å². The molecule has 1 unspecified atom stereocenters. The van der Waals surface area contributed by atoms with E-state index in [1.54, 1.807) is 7.11 Å². The zero-order chi connectivity index (χ0) is 18.6. The van der Waals surface area contributed by atoms with Crippen LogP contribution in [0, 0.1) is 0 Å². The Balaban J connectivity index is 1.71. The monoisotopic (exact) mass is 356 g/mol. The van der Waals surface area contributed by atoms with Gasteiger partial charge in [-0.15, -0.1) is 0 Å². The quantitative estimate of drug-likeness (QED) is 0.489. The molecular weight excluding hydrogens is 336 g/mol. The number of carbonyl (C=O) groups is 1. The molecule has 0 radical (unpaired) electrons. The molecule has 4 nitrogen and oxygen atoms in total. The highest BCUT2D eigenvalue weighted by atomic mass is 16.5. The Morgan fingerprint density at radius 2 is 1.63 bits per heavy atom. The molecule has 27 heavy (non-hydrogen) atoms. The molecule has 4 heteroatoms. The molecule has 134 valence electrons. The van der Waals surface area contributed by atoms with E-state index in [4.69, 9.17) is 4.74 Å². The first kappa shape index (κ1) is 16.9. The van der Waals surface area contributed by atoms with Crippen LogP contribution in [0.25, 0.3) is 0 Å². The minimum atomic E-state index is -0.0248. The number of nitrogens with one attached hydrogen (secondary N) is 2. The highest BCUT2D eigenvalue weighted by Gasteiger charge is 2.21. The van der Waals surface area contributed by atoms with E-state index in [0.717, 1.165) is 22.7 Å². The summed E-state index contributed by atoms with van der Waals surface area (Å²) in [6, 6.07) is 25.1. The second-order valence-corrected chi connectivity index (χ2v) is 6.35. The van der Waals surface area contributed by atoms with Crippen LogP contribution >= 0.6 is 0 Å². The van der Waals surface area contributed by atoms with Crippen LogP contribution in [0.4, 0.5) is 0 Å². The van der Waals surface area contributed by atoms with E-state index in [2.05, 4.69) is 16.0 Å². The number of methoxy groups -OCH3 is 1. The van der Waals surface area contributed by atoms with Gasteiger partial charge in [-0.2, -0.15) is 0 Å². The lowest BCUT2D eigenvalue weighted by Gasteiger charge is -2.16. The number of rotatable bonds is 6. The predicted molar refractivity (Wildman–Crippen MR) is 105 cm³/mol.